The maximum Gasteiger partial charge on any atom is 0.243 e. The average molecular weight is 476 g/mol. The van der Waals surface area contributed by atoms with Gasteiger partial charge in [-0.3, -0.25) is 4.79 Å². The first-order valence-electron chi connectivity index (χ1n) is 10.3. The molecule has 1 N–H and O–H groups in total. The molecular formula is C19H29N3O7S2. The van der Waals surface area contributed by atoms with Gasteiger partial charge in [0, 0.05) is 39.1 Å². The van der Waals surface area contributed by atoms with Gasteiger partial charge in [0.1, 0.15) is 0 Å². The van der Waals surface area contributed by atoms with Gasteiger partial charge in [0.05, 0.1) is 37.1 Å². The lowest BCUT2D eigenvalue weighted by Crippen LogP contribution is -2.43. The van der Waals surface area contributed by atoms with E-state index in [2.05, 4.69) is 5.32 Å². The number of nitrogens with one attached hydrogen (secondary N) is 1. The SMILES string of the molecule is O=C(CCc1ccc(S(=O)(=O)N2CCOCC2)cc1)NCCS(=O)(=O)N1CCOCC1. The van der Waals surface area contributed by atoms with Crippen LogP contribution in [0, 0.1) is 0 Å². The van der Waals surface area contributed by atoms with E-state index in [1.807, 2.05) is 0 Å². The minimum Gasteiger partial charge on any atom is -0.379 e. The molecule has 0 atom stereocenters. The Balaban J connectivity index is 1.43. The van der Waals surface area contributed by atoms with Crippen molar-refractivity contribution in [2.75, 3.05) is 64.9 Å². The number of amides is 1. The molecule has 12 heteroatoms. The Bertz CT molecular complexity index is 937. The Kier molecular flexibility index (Phi) is 8.42. The zero-order valence-electron chi connectivity index (χ0n) is 17.4. The summed E-state index contributed by atoms with van der Waals surface area (Å²) in [6.45, 7) is 2.96. The van der Waals surface area contributed by atoms with E-state index >= 15 is 0 Å². The number of carbonyl (C=O) groups excluding carboxylic acids is 1. The van der Waals surface area contributed by atoms with Gasteiger partial charge in [-0.2, -0.15) is 8.61 Å². The summed E-state index contributed by atoms with van der Waals surface area (Å²) in [6.07, 6.45) is 0.618. The molecular weight excluding hydrogens is 446 g/mol. The van der Waals surface area contributed by atoms with E-state index in [0.29, 0.717) is 59.0 Å². The van der Waals surface area contributed by atoms with Crippen LogP contribution in [0.4, 0.5) is 0 Å². The molecule has 1 aromatic rings. The van der Waals surface area contributed by atoms with Crippen molar-refractivity contribution in [1.29, 1.82) is 0 Å². The third-order valence-corrected chi connectivity index (χ3v) is 9.00. The Morgan fingerprint density at radius 2 is 1.42 bits per heavy atom. The Labute approximate surface area is 183 Å². The second-order valence-corrected chi connectivity index (χ2v) is 11.4. The summed E-state index contributed by atoms with van der Waals surface area (Å²) in [5.74, 6) is -0.394. The van der Waals surface area contributed by atoms with Crippen LogP contribution in [0.15, 0.2) is 29.2 Å². The van der Waals surface area contributed by atoms with Crippen molar-refractivity contribution in [2.45, 2.75) is 17.7 Å². The largest absolute Gasteiger partial charge is 0.379 e. The number of sulfonamides is 2. The molecule has 2 aliphatic rings. The van der Waals surface area contributed by atoms with E-state index < -0.39 is 20.0 Å². The van der Waals surface area contributed by atoms with Crippen molar-refractivity contribution >= 4 is 26.0 Å². The number of ether oxygens (including phenoxy) is 2. The van der Waals surface area contributed by atoms with Gasteiger partial charge >= 0.3 is 0 Å². The van der Waals surface area contributed by atoms with Crippen LogP contribution >= 0.6 is 0 Å². The van der Waals surface area contributed by atoms with Gasteiger partial charge in [0.2, 0.25) is 26.0 Å². The minimum atomic E-state index is -3.54. The van der Waals surface area contributed by atoms with Gasteiger partial charge in [-0.05, 0) is 24.1 Å². The second kappa shape index (κ2) is 10.8. The Hall–Kier alpha value is -1.57. The number of nitrogens with zero attached hydrogens (tertiary/aromatic N) is 2. The first-order valence-corrected chi connectivity index (χ1v) is 13.3. The average Bonchev–Trinajstić information content (AvgIpc) is 2.79. The summed E-state index contributed by atoms with van der Waals surface area (Å²) in [5, 5.41) is 2.64. The van der Waals surface area contributed by atoms with E-state index in [1.54, 1.807) is 24.3 Å². The topological polar surface area (TPSA) is 122 Å². The third-order valence-electron chi connectivity index (χ3n) is 5.22. The highest BCUT2D eigenvalue weighted by molar-refractivity contribution is 7.89. The summed E-state index contributed by atoms with van der Waals surface area (Å²) in [5.41, 5.74) is 0.831. The maximum atomic E-state index is 12.6. The molecule has 2 saturated heterocycles. The molecule has 31 heavy (non-hydrogen) atoms. The summed E-state index contributed by atoms with van der Waals surface area (Å²) >= 11 is 0. The molecule has 0 aromatic heterocycles. The molecule has 0 saturated carbocycles. The molecule has 174 valence electrons. The number of hydrogen-bond donors (Lipinski definition) is 1. The highest BCUT2D eigenvalue weighted by Gasteiger charge is 2.26. The van der Waals surface area contributed by atoms with Crippen LogP contribution in [0.1, 0.15) is 12.0 Å². The van der Waals surface area contributed by atoms with Gasteiger partial charge in [0.15, 0.2) is 0 Å². The van der Waals surface area contributed by atoms with E-state index in [-0.39, 0.29) is 29.5 Å². The van der Waals surface area contributed by atoms with Crippen molar-refractivity contribution in [3.05, 3.63) is 29.8 Å². The predicted octanol–water partition coefficient (Wildman–Crippen LogP) is -0.582. The van der Waals surface area contributed by atoms with Gasteiger partial charge in [-0.15, -0.1) is 0 Å². The van der Waals surface area contributed by atoms with E-state index in [4.69, 9.17) is 9.47 Å². The van der Waals surface area contributed by atoms with Crippen LogP contribution in [0.2, 0.25) is 0 Å². The second-order valence-electron chi connectivity index (χ2n) is 7.34. The van der Waals surface area contributed by atoms with Crippen LogP contribution in [-0.2, 0) is 40.7 Å². The zero-order valence-corrected chi connectivity index (χ0v) is 19.0. The number of hydrogen-bond acceptors (Lipinski definition) is 7. The summed E-state index contributed by atoms with van der Waals surface area (Å²) in [7, 11) is -6.94. The quantitative estimate of drug-likeness (QED) is 0.507. The lowest BCUT2D eigenvalue weighted by Gasteiger charge is -2.26. The van der Waals surface area contributed by atoms with Gasteiger partial charge in [-0.1, -0.05) is 12.1 Å². The van der Waals surface area contributed by atoms with E-state index in [9.17, 15) is 21.6 Å². The standard InChI is InChI=1S/C19H29N3O7S2/c23-19(20-7-16-30(24,25)21-8-12-28-13-9-21)6-3-17-1-4-18(5-2-17)31(26,27)22-10-14-29-15-11-22/h1-2,4-5H,3,6-16H2,(H,20,23). The molecule has 0 spiro atoms. The summed E-state index contributed by atoms with van der Waals surface area (Å²) in [6, 6.07) is 6.49. The monoisotopic (exact) mass is 475 g/mol. The molecule has 0 aliphatic carbocycles. The fourth-order valence-corrected chi connectivity index (χ4v) is 6.12. The molecule has 3 rings (SSSR count). The molecule has 0 bridgehead atoms. The molecule has 0 unspecified atom stereocenters. The van der Waals surface area contributed by atoms with E-state index in [0.717, 1.165) is 5.56 Å². The Morgan fingerprint density at radius 3 is 2.00 bits per heavy atom. The predicted molar refractivity (Wildman–Crippen MR) is 114 cm³/mol. The first kappa shape index (κ1) is 24.1. The van der Waals surface area contributed by atoms with Crippen LogP contribution in [0.25, 0.3) is 0 Å². The van der Waals surface area contributed by atoms with Gasteiger partial charge < -0.3 is 14.8 Å². The van der Waals surface area contributed by atoms with Crippen molar-refractivity contribution in [3.63, 3.8) is 0 Å². The maximum absolute atomic E-state index is 12.6. The molecule has 2 heterocycles. The van der Waals surface area contributed by atoms with Crippen LogP contribution in [0.5, 0.6) is 0 Å². The summed E-state index contributed by atoms with van der Waals surface area (Å²) < 4.78 is 62.9. The molecule has 0 radical (unpaired) electrons. The van der Waals surface area contributed by atoms with Crippen LogP contribution in [-0.4, -0.2) is 96.3 Å². The van der Waals surface area contributed by atoms with Crippen molar-refractivity contribution in [1.82, 2.24) is 13.9 Å². The highest BCUT2D eigenvalue weighted by atomic mass is 32.2. The number of benzene rings is 1. The fraction of sp³-hybridized carbons (Fsp3) is 0.632. The molecule has 1 amide bonds. The van der Waals surface area contributed by atoms with Crippen molar-refractivity contribution < 1.29 is 31.1 Å². The number of rotatable bonds is 9. The smallest absolute Gasteiger partial charge is 0.243 e. The molecule has 1 aromatic carbocycles. The Morgan fingerprint density at radius 1 is 0.871 bits per heavy atom. The minimum absolute atomic E-state index is 0.0508. The third kappa shape index (κ3) is 6.70. The molecule has 2 fully saturated rings. The summed E-state index contributed by atoms with van der Waals surface area (Å²) in [4.78, 5) is 12.3. The van der Waals surface area contributed by atoms with Crippen molar-refractivity contribution in [2.24, 2.45) is 0 Å². The van der Waals surface area contributed by atoms with Crippen molar-refractivity contribution in [3.8, 4) is 0 Å². The fourth-order valence-electron chi connectivity index (χ4n) is 3.38. The molecule has 10 nitrogen and oxygen atoms in total. The zero-order chi connectivity index (χ0) is 22.3. The van der Waals surface area contributed by atoms with Gasteiger partial charge in [0.25, 0.3) is 0 Å². The van der Waals surface area contributed by atoms with Crippen LogP contribution in [0.3, 0.4) is 0 Å². The van der Waals surface area contributed by atoms with E-state index in [1.165, 1.54) is 8.61 Å². The lowest BCUT2D eigenvalue weighted by atomic mass is 10.1. The first-order chi connectivity index (χ1) is 14.8. The highest BCUT2D eigenvalue weighted by Crippen LogP contribution is 2.18. The number of aryl methyl sites for hydroxylation is 1. The number of carbonyl (C=O) groups is 1. The van der Waals surface area contributed by atoms with Crippen LogP contribution < -0.4 is 5.32 Å². The van der Waals surface area contributed by atoms with Gasteiger partial charge in [-0.25, -0.2) is 16.8 Å². The normalized spacial score (nSPS) is 19.2. The number of morpholine rings is 2. The lowest BCUT2D eigenvalue weighted by molar-refractivity contribution is -0.120. The molecule has 2 aliphatic heterocycles.